The van der Waals surface area contributed by atoms with E-state index >= 15 is 0 Å². The number of carbonyl (C=O) groups excluding carboxylic acids is 1. The van der Waals surface area contributed by atoms with Gasteiger partial charge in [-0.2, -0.15) is 0 Å². The number of carboxylic acid groups (broad SMARTS) is 1. The summed E-state index contributed by atoms with van der Waals surface area (Å²) in [6.45, 7) is 5.72. The van der Waals surface area contributed by atoms with Crippen molar-refractivity contribution in [3.63, 3.8) is 0 Å². The molecule has 0 radical (unpaired) electrons. The Morgan fingerprint density at radius 1 is 1.47 bits per heavy atom. The van der Waals surface area contributed by atoms with E-state index in [0.717, 1.165) is 19.3 Å². The molecule has 5 heteroatoms. The van der Waals surface area contributed by atoms with Crippen LogP contribution in [0, 0.1) is 5.92 Å². The molecule has 1 aliphatic rings. The van der Waals surface area contributed by atoms with Gasteiger partial charge in [0.25, 0.3) is 0 Å². The van der Waals surface area contributed by atoms with Crippen molar-refractivity contribution in [3.05, 3.63) is 0 Å². The SMILES string of the molecule is CCC(C)N(CC(=O)O)C(=O)NC1CC(C)C1. The zero-order chi connectivity index (χ0) is 13.0. The summed E-state index contributed by atoms with van der Waals surface area (Å²) >= 11 is 0. The summed E-state index contributed by atoms with van der Waals surface area (Å²) in [6.07, 6.45) is 2.74. The Balaban J connectivity index is 2.50. The maximum absolute atomic E-state index is 11.9. The molecule has 0 bridgehead atoms. The molecule has 1 aliphatic carbocycles. The van der Waals surface area contributed by atoms with E-state index in [1.807, 2.05) is 13.8 Å². The summed E-state index contributed by atoms with van der Waals surface area (Å²) in [5.41, 5.74) is 0. The third kappa shape index (κ3) is 3.91. The summed E-state index contributed by atoms with van der Waals surface area (Å²) in [4.78, 5) is 24.1. The molecule has 98 valence electrons. The summed E-state index contributed by atoms with van der Waals surface area (Å²) in [7, 11) is 0. The van der Waals surface area contributed by atoms with E-state index in [2.05, 4.69) is 12.2 Å². The van der Waals surface area contributed by atoms with Crippen molar-refractivity contribution in [2.24, 2.45) is 5.92 Å². The number of carboxylic acids is 1. The lowest BCUT2D eigenvalue weighted by molar-refractivity contribution is -0.138. The van der Waals surface area contributed by atoms with Crippen LogP contribution in [-0.2, 0) is 4.79 Å². The number of nitrogens with one attached hydrogen (secondary N) is 1. The van der Waals surface area contributed by atoms with Gasteiger partial charge < -0.3 is 15.3 Å². The fourth-order valence-electron chi connectivity index (χ4n) is 2.07. The molecule has 2 N–H and O–H groups in total. The highest BCUT2D eigenvalue weighted by Crippen LogP contribution is 2.26. The van der Waals surface area contributed by atoms with Crippen LogP contribution in [0.3, 0.4) is 0 Å². The fourth-order valence-corrected chi connectivity index (χ4v) is 2.07. The molecular weight excluding hydrogens is 220 g/mol. The maximum Gasteiger partial charge on any atom is 0.323 e. The first-order valence-electron chi connectivity index (χ1n) is 6.23. The van der Waals surface area contributed by atoms with Crippen LogP contribution in [0.1, 0.15) is 40.0 Å². The van der Waals surface area contributed by atoms with E-state index in [1.54, 1.807) is 0 Å². The molecule has 0 saturated heterocycles. The van der Waals surface area contributed by atoms with E-state index in [1.165, 1.54) is 4.90 Å². The summed E-state index contributed by atoms with van der Waals surface area (Å²) in [6, 6.07) is -0.0832. The molecule has 1 unspecified atom stereocenters. The summed E-state index contributed by atoms with van der Waals surface area (Å²) in [5, 5.41) is 11.7. The van der Waals surface area contributed by atoms with Crippen LogP contribution in [0.2, 0.25) is 0 Å². The first kappa shape index (κ1) is 13.8. The number of hydrogen-bond acceptors (Lipinski definition) is 2. The predicted octanol–water partition coefficient (Wildman–Crippen LogP) is 1.68. The second-order valence-corrected chi connectivity index (χ2v) is 5.00. The van der Waals surface area contributed by atoms with Gasteiger partial charge in [0.05, 0.1) is 0 Å². The minimum atomic E-state index is -0.970. The monoisotopic (exact) mass is 242 g/mol. The normalized spacial score (nSPS) is 24.6. The van der Waals surface area contributed by atoms with Crippen molar-refractivity contribution in [1.29, 1.82) is 0 Å². The van der Waals surface area contributed by atoms with Crippen molar-refractivity contribution >= 4 is 12.0 Å². The predicted molar refractivity (Wildman–Crippen MR) is 64.8 cm³/mol. The molecular formula is C12H22N2O3. The largest absolute Gasteiger partial charge is 0.480 e. The van der Waals surface area contributed by atoms with Crippen molar-refractivity contribution < 1.29 is 14.7 Å². The van der Waals surface area contributed by atoms with Crippen LogP contribution in [0.5, 0.6) is 0 Å². The third-order valence-corrected chi connectivity index (χ3v) is 3.39. The Morgan fingerprint density at radius 3 is 2.47 bits per heavy atom. The second kappa shape index (κ2) is 5.89. The van der Waals surface area contributed by atoms with Crippen LogP contribution in [-0.4, -0.2) is 40.6 Å². The van der Waals surface area contributed by atoms with E-state index in [9.17, 15) is 9.59 Å². The van der Waals surface area contributed by atoms with E-state index < -0.39 is 5.97 Å². The fraction of sp³-hybridized carbons (Fsp3) is 0.833. The first-order valence-corrected chi connectivity index (χ1v) is 6.23. The highest BCUT2D eigenvalue weighted by Gasteiger charge is 2.29. The van der Waals surface area contributed by atoms with E-state index in [4.69, 9.17) is 5.11 Å². The van der Waals surface area contributed by atoms with Crippen LogP contribution < -0.4 is 5.32 Å². The molecule has 0 heterocycles. The quantitative estimate of drug-likeness (QED) is 0.770. The Labute approximate surface area is 102 Å². The molecule has 0 aromatic heterocycles. The lowest BCUT2D eigenvalue weighted by Crippen LogP contribution is -2.53. The van der Waals surface area contributed by atoms with Gasteiger partial charge in [0.15, 0.2) is 0 Å². The maximum atomic E-state index is 11.9. The number of aliphatic carboxylic acids is 1. The highest BCUT2D eigenvalue weighted by atomic mass is 16.4. The molecule has 0 aromatic carbocycles. The number of carbonyl (C=O) groups is 2. The average Bonchev–Trinajstić information content (AvgIpc) is 2.22. The van der Waals surface area contributed by atoms with Crippen LogP contribution >= 0.6 is 0 Å². The van der Waals surface area contributed by atoms with E-state index in [-0.39, 0.29) is 24.7 Å². The Kier molecular flexibility index (Phi) is 4.78. The molecule has 0 aromatic rings. The Hall–Kier alpha value is -1.26. The van der Waals surface area contributed by atoms with Gasteiger partial charge in [-0.15, -0.1) is 0 Å². The minimum absolute atomic E-state index is 0.0522. The first-order chi connectivity index (χ1) is 7.93. The average molecular weight is 242 g/mol. The minimum Gasteiger partial charge on any atom is -0.480 e. The molecule has 1 saturated carbocycles. The lowest BCUT2D eigenvalue weighted by Gasteiger charge is -2.36. The zero-order valence-corrected chi connectivity index (χ0v) is 10.8. The highest BCUT2D eigenvalue weighted by molar-refractivity contribution is 5.80. The zero-order valence-electron chi connectivity index (χ0n) is 10.8. The number of rotatable bonds is 5. The number of hydrogen-bond donors (Lipinski definition) is 2. The molecule has 1 fully saturated rings. The van der Waals surface area contributed by atoms with Crippen LogP contribution in [0.4, 0.5) is 4.79 Å². The number of urea groups is 1. The van der Waals surface area contributed by atoms with Gasteiger partial charge >= 0.3 is 12.0 Å². The number of amides is 2. The van der Waals surface area contributed by atoms with Crippen molar-refractivity contribution in [3.8, 4) is 0 Å². The standard InChI is InChI=1S/C12H22N2O3/c1-4-9(3)14(7-11(15)16)12(17)13-10-5-8(2)6-10/h8-10H,4-7H2,1-3H3,(H,13,17)(H,15,16). The molecule has 17 heavy (non-hydrogen) atoms. The van der Waals surface area contributed by atoms with Gasteiger partial charge in [0.1, 0.15) is 6.54 Å². The van der Waals surface area contributed by atoms with Crippen molar-refractivity contribution in [2.45, 2.75) is 52.1 Å². The molecule has 0 spiro atoms. The van der Waals surface area contributed by atoms with Crippen molar-refractivity contribution in [1.82, 2.24) is 10.2 Å². The van der Waals surface area contributed by atoms with Gasteiger partial charge in [-0.3, -0.25) is 4.79 Å². The van der Waals surface area contributed by atoms with Gasteiger partial charge in [-0.05, 0) is 32.1 Å². The van der Waals surface area contributed by atoms with Gasteiger partial charge in [0.2, 0.25) is 0 Å². The Bertz CT molecular complexity index is 287. The Morgan fingerprint density at radius 2 is 2.06 bits per heavy atom. The molecule has 1 rings (SSSR count). The van der Waals surface area contributed by atoms with Gasteiger partial charge in [0, 0.05) is 12.1 Å². The molecule has 5 nitrogen and oxygen atoms in total. The van der Waals surface area contributed by atoms with Crippen LogP contribution in [0.15, 0.2) is 0 Å². The molecule has 2 amide bonds. The third-order valence-electron chi connectivity index (χ3n) is 3.39. The topological polar surface area (TPSA) is 69.6 Å². The smallest absolute Gasteiger partial charge is 0.323 e. The van der Waals surface area contributed by atoms with Crippen molar-refractivity contribution in [2.75, 3.05) is 6.54 Å². The lowest BCUT2D eigenvalue weighted by atomic mass is 9.82. The summed E-state index contributed by atoms with van der Waals surface area (Å²) < 4.78 is 0. The van der Waals surface area contributed by atoms with Gasteiger partial charge in [-0.1, -0.05) is 13.8 Å². The van der Waals surface area contributed by atoms with Crippen LogP contribution in [0.25, 0.3) is 0 Å². The number of nitrogens with zero attached hydrogens (tertiary/aromatic N) is 1. The second-order valence-electron chi connectivity index (χ2n) is 5.00. The summed E-state index contributed by atoms with van der Waals surface area (Å²) in [5.74, 6) is -0.306. The molecule has 1 atom stereocenters. The van der Waals surface area contributed by atoms with E-state index in [0.29, 0.717) is 5.92 Å². The molecule has 0 aliphatic heterocycles. The van der Waals surface area contributed by atoms with Gasteiger partial charge in [-0.25, -0.2) is 4.79 Å².